The molecule has 0 N–H and O–H groups in total. The molecule has 0 fully saturated rings. The number of hydrogen-bond acceptors (Lipinski definition) is 0. The summed E-state index contributed by atoms with van der Waals surface area (Å²) in [6.07, 6.45) is 0. The highest BCUT2D eigenvalue weighted by Crippen LogP contribution is 2.60. The standard InChI is InChI=1S/C70H48/c1-69(2)60-37-56(47-35-19-23-41-20-5-8-24-44(41)47)48-27-11-15-31-52(48)65(60)66-53-32-16-12-28-49(53)57(38-61(66)69)58-39-62-67(54-33-17-13-29-50(54)58)68-55-34-18-14-30-51(55)59(40-63(68)70(62,3)4)64-45-25-9-6-21-42(45)36-43-22-7-10-26-46(43)64/h5-40H,1-4H3. The molecule has 0 saturated heterocycles. The molecule has 328 valence electrons. The van der Waals surface area contributed by atoms with Gasteiger partial charge in [0, 0.05) is 10.8 Å². The number of rotatable bonds is 3. The van der Waals surface area contributed by atoms with Crippen LogP contribution in [-0.2, 0) is 10.8 Å². The molecule has 70 heavy (non-hydrogen) atoms. The van der Waals surface area contributed by atoms with Crippen LogP contribution in [0.4, 0.5) is 0 Å². The summed E-state index contributed by atoms with van der Waals surface area (Å²) >= 11 is 0. The third-order valence-electron chi connectivity index (χ3n) is 16.8. The van der Waals surface area contributed by atoms with Gasteiger partial charge in [0.05, 0.1) is 0 Å². The molecule has 0 radical (unpaired) electrons. The highest BCUT2D eigenvalue weighted by Gasteiger charge is 2.42. The Morgan fingerprint density at radius 1 is 0.200 bits per heavy atom. The maximum Gasteiger partial charge on any atom is 0.0159 e. The van der Waals surface area contributed by atoms with E-state index in [1.54, 1.807) is 0 Å². The molecule has 0 saturated carbocycles. The minimum Gasteiger partial charge on any atom is -0.0616 e. The van der Waals surface area contributed by atoms with Crippen molar-refractivity contribution in [2.45, 2.75) is 38.5 Å². The van der Waals surface area contributed by atoms with Crippen molar-refractivity contribution < 1.29 is 0 Å². The summed E-state index contributed by atoms with van der Waals surface area (Å²) in [5.74, 6) is 0. The van der Waals surface area contributed by atoms with Crippen molar-refractivity contribution in [2.75, 3.05) is 0 Å². The minimum atomic E-state index is -0.290. The zero-order valence-corrected chi connectivity index (χ0v) is 39.8. The highest BCUT2D eigenvalue weighted by molar-refractivity contribution is 6.23. The Morgan fingerprint density at radius 2 is 0.486 bits per heavy atom. The van der Waals surface area contributed by atoms with E-state index in [1.165, 1.54) is 153 Å². The van der Waals surface area contributed by atoms with E-state index in [2.05, 4.69) is 246 Å². The molecule has 0 heteroatoms. The van der Waals surface area contributed by atoms with E-state index in [9.17, 15) is 0 Å². The van der Waals surface area contributed by atoms with Gasteiger partial charge in [0.15, 0.2) is 0 Å². The summed E-state index contributed by atoms with van der Waals surface area (Å²) in [6.45, 7) is 9.85. The highest BCUT2D eigenvalue weighted by atomic mass is 14.4. The van der Waals surface area contributed by atoms with Gasteiger partial charge in [-0.3, -0.25) is 0 Å². The lowest BCUT2D eigenvalue weighted by Crippen LogP contribution is -2.16. The van der Waals surface area contributed by atoms with Crippen molar-refractivity contribution in [3.63, 3.8) is 0 Å². The predicted octanol–water partition coefficient (Wildman–Crippen LogP) is 19.4. The van der Waals surface area contributed by atoms with Crippen molar-refractivity contribution in [3.05, 3.63) is 241 Å². The summed E-state index contributed by atoms with van der Waals surface area (Å²) in [4.78, 5) is 0. The van der Waals surface area contributed by atoms with Gasteiger partial charge >= 0.3 is 0 Å². The molecule has 0 amide bonds. The summed E-state index contributed by atoms with van der Waals surface area (Å²) < 4.78 is 0. The van der Waals surface area contributed by atoms with Crippen LogP contribution in [0.1, 0.15) is 49.9 Å². The van der Waals surface area contributed by atoms with E-state index in [-0.39, 0.29) is 10.8 Å². The van der Waals surface area contributed by atoms with Crippen LogP contribution in [-0.4, -0.2) is 0 Å². The maximum absolute atomic E-state index is 2.59. The van der Waals surface area contributed by atoms with E-state index in [4.69, 9.17) is 0 Å². The molecule has 13 aromatic rings. The molecular formula is C70H48. The zero-order chi connectivity index (χ0) is 46.6. The second-order valence-corrected chi connectivity index (χ2v) is 21.0. The number of fused-ring (bicyclic) bond motifs is 17. The van der Waals surface area contributed by atoms with Crippen LogP contribution in [0.15, 0.2) is 218 Å². The molecule has 0 spiro atoms. The molecule has 0 unspecified atom stereocenters. The van der Waals surface area contributed by atoms with E-state index in [0.29, 0.717) is 0 Å². The fourth-order valence-corrected chi connectivity index (χ4v) is 13.5. The van der Waals surface area contributed by atoms with Gasteiger partial charge in [-0.15, -0.1) is 0 Å². The van der Waals surface area contributed by atoms with E-state index < -0.39 is 0 Å². The Kier molecular flexibility index (Phi) is 8.00. The molecule has 0 heterocycles. The van der Waals surface area contributed by atoms with Gasteiger partial charge in [-0.05, 0) is 184 Å². The van der Waals surface area contributed by atoms with Crippen LogP contribution in [0, 0.1) is 0 Å². The minimum absolute atomic E-state index is 0.268. The first-order valence-electron chi connectivity index (χ1n) is 24.9. The van der Waals surface area contributed by atoms with Crippen molar-refractivity contribution in [1.29, 1.82) is 0 Å². The first kappa shape index (κ1) is 39.7. The Labute approximate surface area is 408 Å². The van der Waals surface area contributed by atoms with E-state index in [1.807, 2.05) is 0 Å². The third-order valence-corrected chi connectivity index (χ3v) is 16.8. The molecule has 13 aromatic carbocycles. The maximum atomic E-state index is 2.59. The largest absolute Gasteiger partial charge is 0.0616 e. The topological polar surface area (TPSA) is 0 Å². The second kappa shape index (κ2) is 14.1. The first-order valence-corrected chi connectivity index (χ1v) is 24.9. The average Bonchev–Trinajstić information content (AvgIpc) is 3.78. The Morgan fingerprint density at radius 3 is 0.900 bits per heavy atom. The molecule has 0 aliphatic heterocycles. The first-order chi connectivity index (χ1) is 34.3. The monoisotopic (exact) mass is 888 g/mol. The summed E-state index contributed by atoms with van der Waals surface area (Å²) in [6, 6.07) is 82.9. The molecule has 0 atom stereocenters. The quantitative estimate of drug-likeness (QED) is 0.155. The van der Waals surface area contributed by atoms with Crippen LogP contribution in [0.25, 0.3) is 131 Å². The molecule has 0 nitrogen and oxygen atoms in total. The Bertz CT molecular complexity index is 4400. The van der Waals surface area contributed by atoms with E-state index in [0.717, 1.165) is 0 Å². The van der Waals surface area contributed by atoms with Crippen LogP contribution in [0.5, 0.6) is 0 Å². The van der Waals surface area contributed by atoms with Crippen molar-refractivity contribution in [2.24, 2.45) is 0 Å². The van der Waals surface area contributed by atoms with Gasteiger partial charge in [0.2, 0.25) is 0 Å². The lowest BCUT2D eigenvalue weighted by atomic mass is 9.77. The molecule has 0 bridgehead atoms. The van der Waals surface area contributed by atoms with E-state index >= 15 is 0 Å². The molecule has 15 rings (SSSR count). The Hall–Kier alpha value is -8.32. The summed E-state index contributed by atoms with van der Waals surface area (Å²) in [5.41, 5.74) is 18.3. The third kappa shape index (κ3) is 5.21. The SMILES string of the molecule is CC1(C)c2cc(-c3cccc4ccccc34)c3ccccc3c2-c2c1cc(-c1cc3c(c4ccccc14)-c1c(cc(-c4c5ccccc5cc5ccccc45)c4ccccc14)C3(C)C)c1ccccc21. The number of benzene rings is 13. The Balaban J connectivity index is 0.991. The second-order valence-electron chi connectivity index (χ2n) is 21.0. The fourth-order valence-electron chi connectivity index (χ4n) is 13.5. The van der Waals surface area contributed by atoms with Crippen molar-refractivity contribution >= 4 is 75.4 Å². The fraction of sp³-hybridized carbons (Fsp3) is 0.0857. The lowest BCUT2D eigenvalue weighted by Gasteiger charge is -2.26. The van der Waals surface area contributed by atoms with Gasteiger partial charge in [-0.25, -0.2) is 0 Å². The normalized spacial score (nSPS) is 14.2. The van der Waals surface area contributed by atoms with Crippen molar-refractivity contribution in [3.8, 4) is 55.6 Å². The number of hydrogen-bond donors (Lipinski definition) is 0. The lowest BCUT2D eigenvalue weighted by molar-refractivity contribution is 0.661. The molecule has 2 aliphatic carbocycles. The van der Waals surface area contributed by atoms with Gasteiger partial charge in [0.1, 0.15) is 0 Å². The van der Waals surface area contributed by atoms with Crippen LogP contribution in [0.2, 0.25) is 0 Å². The molecule has 0 aromatic heterocycles. The van der Waals surface area contributed by atoms with Crippen LogP contribution < -0.4 is 0 Å². The zero-order valence-electron chi connectivity index (χ0n) is 39.8. The van der Waals surface area contributed by atoms with Gasteiger partial charge in [0.25, 0.3) is 0 Å². The van der Waals surface area contributed by atoms with Crippen molar-refractivity contribution in [1.82, 2.24) is 0 Å². The predicted molar refractivity (Wildman–Crippen MR) is 300 cm³/mol. The van der Waals surface area contributed by atoms with Gasteiger partial charge < -0.3 is 0 Å². The average molecular weight is 889 g/mol. The van der Waals surface area contributed by atoms with Gasteiger partial charge in [-0.1, -0.05) is 216 Å². The van der Waals surface area contributed by atoms with Crippen LogP contribution in [0.3, 0.4) is 0 Å². The van der Waals surface area contributed by atoms with Crippen LogP contribution >= 0.6 is 0 Å². The molecular weight excluding hydrogens is 841 g/mol. The molecule has 2 aliphatic rings. The summed E-state index contributed by atoms with van der Waals surface area (Å²) in [5, 5.41) is 18.1. The van der Waals surface area contributed by atoms with Gasteiger partial charge in [-0.2, -0.15) is 0 Å². The summed E-state index contributed by atoms with van der Waals surface area (Å²) in [7, 11) is 0. The smallest absolute Gasteiger partial charge is 0.0159 e.